The second kappa shape index (κ2) is 7.49. The number of benzene rings is 1. The monoisotopic (exact) mass is 523 g/mol. The maximum atomic E-state index is 13.1. The lowest BCUT2D eigenvalue weighted by Gasteiger charge is -2.28. The van der Waals surface area contributed by atoms with E-state index >= 15 is 0 Å². The van der Waals surface area contributed by atoms with E-state index in [0.29, 0.717) is 11.3 Å². The number of carbonyl (C=O) groups is 3. The molecule has 4 fully saturated rings. The quantitative estimate of drug-likeness (QED) is 0.333. The van der Waals surface area contributed by atoms with Crippen LogP contribution in [0.2, 0.25) is 0 Å². The lowest BCUT2D eigenvalue weighted by molar-refractivity contribution is -0.123. The molecule has 3 saturated carbocycles. The third-order valence-corrected chi connectivity index (χ3v) is 10.4. The summed E-state index contributed by atoms with van der Waals surface area (Å²) in [5.74, 6) is -0.617. The molecule has 1 aliphatic heterocycles. The average Bonchev–Trinajstić information content (AvgIpc) is 3.34. The number of carbonyl (C=O) groups excluding carboxylic acids is 3. The molecule has 3 aliphatic carbocycles. The molecule has 1 saturated heterocycles. The molecule has 4 aliphatic rings. The van der Waals surface area contributed by atoms with Gasteiger partial charge in [-0.15, -0.1) is 0 Å². The average molecular weight is 525 g/mol. The Morgan fingerprint density at radius 2 is 1.45 bits per heavy atom. The molecule has 1 aromatic rings. The van der Waals surface area contributed by atoms with Crippen molar-refractivity contribution in [1.29, 1.82) is 0 Å². The summed E-state index contributed by atoms with van der Waals surface area (Å²) < 4.78 is 5.61. The number of rotatable bonds is 3. The van der Waals surface area contributed by atoms with Gasteiger partial charge in [-0.1, -0.05) is 38.3 Å². The van der Waals surface area contributed by atoms with Gasteiger partial charge < -0.3 is 4.74 Å². The van der Waals surface area contributed by atoms with Crippen molar-refractivity contribution in [1.82, 2.24) is 0 Å². The van der Waals surface area contributed by atoms with Crippen LogP contribution in [0.25, 0.3) is 0 Å². The van der Waals surface area contributed by atoms with E-state index < -0.39 is 0 Å². The fraction of sp³-hybridized carbons (Fsp3) is 0.591. The lowest BCUT2D eigenvalue weighted by Crippen LogP contribution is -2.37. The van der Waals surface area contributed by atoms with Crippen LogP contribution in [0.4, 0.5) is 5.69 Å². The van der Waals surface area contributed by atoms with Gasteiger partial charge in [0.25, 0.3) is 0 Å². The molecule has 1 aromatic carbocycles. The van der Waals surface area contributed by atoms with E-state index in [0.717, 1.165) is 32.1 Å². The summed E-state index contributed by atoms with van der Waals surface area (Å²) in [5, 5.41) is 0. The highest BCUT2D eigenvalue weighted by Gasteiger charge is 2.66. The molecule has 0 aromatic heterocycles. The van der Waals surface area contributed by atoms with E-state index in [4.69, 9.17) is 4.74 Å². The van der Waals surface area contributed by atoms with Crippen molar-refractivity contribution >= 4 is 55.3 Å². The Balaban J connectivity index is 1.32. The maximum absolute atomic E-state index is 13.1. The van der Waals surface area contributed by atoms with E-state index in [9.17, 15) is 14.4 Å². The second-order valence-corrected chi connectivity index (χ2v) is 10.8. The zero-order valence-corrected chi connectivity index (χ0v) is 19.1. The minimum atomic E-state index is -0.332. The van der Waals surface area contributed by atoms with Gasteiger partial charge in [-0.2, -0.15) is 0 Å². The van der Waals surface area contributed by atoms with Crippen LogP contribution in [0.1, 0.15) is 48.9 Å². The summed E-state index contributed by atoms with van der Waals surface area (Å²) in [4.78, 5) is 40.4. The van der Waals surface area contributed by atoms with Crippen molar-refractivity contribution in [3.8, 4) is 0 Å². The molecule has 6 atom stereocenters. The number of hydrogen-bond acceptors (Lipinski definition) is 4. The van der Waals surface area contributed by atoms with E-state index in [1.54, 1.807) is 24.3 Å². The highest BCUT2D eigenvalue weighted by Crippen LogP contribution is 2.60. The number of hydrogen-bond donors (Lipinski definition) is 0. The van der Waals surface area contributed by atoms with Crippen LogP contribution in [0, 0.1) is 23.7 Å². The van der Waals surface area contributed by atoms with E-state index in [2.05, 4.69) is 31.9 Å². The molecule has 7 heteroatoms. The molecule has 29 heavy (non-hydrogen) atoms. The number of ether oxygens (including phenoxy) is 1. The van der Waals surface area contributed by atoms with Crippen LogP contribution in [-0.4, -0.2) is 33.5 Å². The molecule has 5 nitrogen and oxygen atoms in total. The number of imide groups is 1. The van der Waals surface area contributed by atoms with Gasteiger partial charge >= 0.3 is 5.97 Å². The van der Waals surface area contributed by atoms with Crippen molar-refractivity contribution in [2.75, 3.05) is 4.90 Å². The second-order valence-electron chi connectivity index (χ2n) is 8.73. The van der Waals surface area contributed by atoms with Gasteiger partial charge in [0.15, 0.2) is 0 Å². The van der Waals surface area contributed by atoms with Crippen LogP contribution in [0.15, 0.2) is 24.3 Å². The largest absolute Gasteiger partial charge is 0.459 e. The molecule has 0 spiro atoms. The topological polar surface area (TPSA) is 63.7 Å². The number of fused-ring (bicyclic) bond motifs is 5. The third kappa shape index (κ3) is 3.11. The van der Waals surface area contributed by atoms with E-state index in [-0.39, 0.29) is 57.2 Å². The Morgan fingerprint density at radius 1 is 0.897 bits per heavy atom. The summed E-state index contributed by atoms with van der Waals surface area (Å²) in [6, 6.07) is 6.69. The van der Waals surface area contributed by atoms with Gasteiger partial charge in [-0.25, -0.2) is 4.79 Å². The predicted molar refractivity (Wildman–Crippen MR) is 115 cm³/mol. The van der Waals surface area contributed by atoms with Crippen molar-refractivity contribution < 1.29 is 19.1 Å². The Labute approximate surface area is 186 Å². The summed E-state index contributed by atoms with van der Waals surface area (Å²) in [7, 11) is 0. The summed E-state index contributed by atoms with van der Waals surface area (Å²) in [6.45, 7) is 0. The number of alkyl halides is 2. The minimum Gasteiger partial charge on any atom is -0.459 e. The number of nitrogens with zero attached hydrogens (tertiary/aromatic N) is 1. The Hall–Kier alpha value is -1.21. The molecule has 0 N–H and O–H groups in total. The number of anilines is 1. The standard InChI is InChI=1S/C22H23Br2NO4/c23-18-14-10-15(19(18)24)17-16(14)20(26)25(21(17)27)12-8-6-11(7-9-12)22(28)29-13-4-2-1-3-5-13/h6-9,13-19H,1-5,10H2/t14-,15-,16-,17+,18+,19+/m1/s1. The number of halogens is 2. The van der Waals surface area contributed by atoms with Gasteiger partial charge in [0, 0.05) is 9.65 Å². The lowest BCUT2D eigenvalue weighted by atomic mass is 9.81. The van der Waals surface area contributed by atoms with Gasteiger partial charge in [0.05, 0.1) is 23.1 Å². The van der Waals surface area contributed by atoms with Gasteiger partial charge in [-0.05, 0) is 68.2 Å². The van der Waals surface area contributed by atoms with E-state index in [1.165, 1.54) is 11.3 Å². The first kappa shape index (κ1) is 19.7. The Morgan fingerprint density at radius 3 is 2.00 bits per heavy atom. The maximum Gasteiger partial charge on any atom is 0.338 e. The van der Waals surface area contributed by atoms with Crippen LogP contribution < -0.4 is 4.90 Å². The normalized spacial score (nSPS) is 36.6. The molecule has 1 heterocycles. The highest BCUT2D eigenvalue weighted by atomic mass is 79.9. The fourth-order valence-corrected chi connectivity index (χ4v) is 7.63. The van der Waals surface area contributed by atoms with Crippen LogP contribution >= 0.6 is 31.9 Å². The number of esters is 1. The highest BCUT2D eigenvalue weighted by molar-refractivity contribution is 9.12. The molecule has 2 bridgehead atoms. The fourth-order valence-electron chi connectivity index (χ4n) is 5.75. The third-order valence-electron chi connectivity index (χ3n) is 7.17. The number of amides is 2. The van der Waals surface area contributed by atoms with Crippen molar-refractivity contribution in [3.63, 3.8) is 0 Å². The molecular weight excluding hydrogens is 502 g/mol. The Bertz CT molecular complexity index is 819. The molecule has 154 valence electrons. The van der Waals surface area contributed by atoms with Gasteiger partial charge in [0.2, 0.25) is 11.8 Å². The van der Waals surface area contributed by atoms with E-state index in [1.807, 2.05) is 0 Å². The van der Waals surface area contributed by atoms with Crippen molar-refractivity contribution in [2.45, 2.75) is 54.3 Å². The first-order valence-electron chi connectivity index (χ1n) is 10.4. The van der Waals surface area contributed by atoms with Gasteiger partial charge in [-0.3, -0.25) is 14.5 Å². The zero-order valence-electron chi connectivity index (χ0n) is 15.9. The minimum absolute atomic E-state index is 0.00177. The van der Waals surface area contributed by atoms with Crippen molar-refractivity contribution in [2.24, 2.45) is 23.7 Å². The first-order chi connectivity index (χ1) is 14.0. The summed E-state index contributed by atoms with van der Waals surface area (Å²) in [5.41, 5.74) is 1.000. The van der Waals surface area contributed by atoms with Crippen molar-refractivity contribution in [3.05, 3.63) is 29.8 Å². The van der Waals surface area contributed by atoms with Crippen LogP contribution in [0.5, 0.6) is 0 Å². The smallest absolute Gasteiger partial charge is 0.338 e. The molecule has 2 amide bonds. The first-order valence-corrected chi connectivity index (χ1v) is 12.3. The zero-order chi connectivity index (χ0) is 20.3. The molecule has 0 radical (unpaired) electrons. The summed E-state index contributed by atoms with van der Waals surface area (Å²) >= 11 is 7.41. The van der Waals surface area contributed by atoms with Gasteiger partial charge in [0.1, 0.15) is 6.10 Å². The SMILES string of the molecule is O=C(OC1CCCCC1)c1ccc(N2C(=O)[C@@H]3[C@H]4C[C@@H]([C@H](Br)[C@H]4Br)[C@@H]3C2=O)cc1. The predicted octanol–water partition coefficient (Wildman–Crippen LogP) is 4.46. The Kier molecular flexibility index (Phi) is 5.09. The molecule has 5 rings (SSSR count). The molecular formula is C22H23Br2NO4. The van der Waals surface area contributed by atoms with Crippen LogP contribution in [0.3, 0.4) is 0 Å². The van der Waals surface area contributed by atoms with Crippen LogP contribution in [-0.2, 0) is 14.3 Å². The summed E-state index contributed by atoms with van der Waals surface area (Å²) in [6.07, 6.45) is 6.18. The molecule has 0 unspecified atom stereocenters.